The molecule has 0 aliphatic rings. The molecule has 0 saturated carbocycles. The highest BCUT2D eigenvalue weighted by molar-refractivity contribution is 5.34. The molecule has 4 heteroatoms. The van der Waals surface area contributed by atoms with Gasteiger partial charge in [0.25, 0.3) is 0 Å². The van der Waals surface area contributed by atoms with Crippen molar-refractivity contribution in [2.24, 2.45) is 5.92 Å². The van der Waals surface area contributed by atoms with Crippen molar-refractivity contribution in [2.75, 3.05) is 13.2 Å². The van der Waals surface area contributed by atoms with E-state index in [0.29, 0.717) is 13.2 Å². The minimum absolute atomic E-state index is 0.0744. The maximum atomic E-state index is 13.5. The molecular weight excluding hydrogens is 214 g/mol. The highest BCUT2D eigenvalue weighted by Crippen LogP contribution is 2.27. The smallest absolute Gasteiger partial charge is 0.204 e. The van der Waals surface area contributed by atoms with Gasteiger partial charge in [-0.05, 0) is 25.0 Å². The Balaban J connectivity index is 2.84. The second-order valence-electron chi connectivity index (χ2n) is 3.83. The standard InChI is InChI=1S/C12H16F2O2/c1-4-15-9-5-6-10(12(14)11(9)13)16-7-8(2)3/h5-6,8H,4,7H2,1-3H3. The lowest BCUT2D eigenvalue weighted by atomic mass is 10.2. The van der Waals surface area contributed by atoms with Gasteiger partial charge in [-0.25, -0.2) is 0 Å². The number of hydrogen-bond donors (Lipinski definition) is 0. The molecule has 0 aliphatic heterocycles. The SMILES string of the molecule is CCOc1ccc(OCC(C)C)c(F)c1F. The Kier molecular flexibility index (Phi) is 4.52. The normalized spacial score (nSPS) is 10.6. The van der Waals surface area contributed by atoms with E-state index in [-0.39, 0.29) is 17.4 Å². The Hall–Kier alpha value is -1.32. The predicted octanol–water partition coefficient (Wildman–Crippen LogP) is 3.40. The molecule has 0 unspecified atom stereocenters. The molecule has 0 heterocycles. The second kappa shape index (κ2) is 5.68. The Labute approximate surface area is 94.2 Å². The summed E-state index contributed by atoms with van der Waals surface area (Å²) >= 11 is 0. The first-order valence-corrected chi connectivity index (χ1v) is 5.29. The minimum Gasteiger partial charge on any atom is -0.491 e. The van der Waals surface area contributed by atoms with Crippen LogP contribution in [-0.2, 0) is 0 Å². The fourth-order valence-electron chi connectivity index (χ4n) is 1.15. The van der Waals surface area contributed by atoms with Crippen LogP contribution < -0.4 is 9.47 Å². The molecule has 0 bridgehead atoms. The molecule has 90 valence electrons. The van der Waals surface area contributed by atoms with Crippen molar-refractivity contribution in [3.8, 4) is 11.5 Å². The van der Waals surface area contributed by atoms with Crippen molar-refractivity contribution >= 4 is 0 Å². The van der Waals surface area contributed by atoms with Crippen LogP contribution in [0.15, 0.2) is 12.1 Å². The molecule has 2 nitrogen and oxygen atoms in total. The third kappa shape index (κ3) is 3.08. The van der Waals surface area contributed by atoms with E-state index in [9.17, 15) is 8.78 Å². The number of halogens is 2. The van der Waals surface area contributed by atoms with Crippen LogP contribution in [0.2, 0.25) is 0 Å². The van der Waals surface area contributed by atoms with Gasteiger partial charge in [0.15, 0.2) is 11.5 Å². The van der Waals surface area contributed by atoms with E-state index < -0.39 is 11.6 Å². The fraction of sp³-hybridized carbons (Fsp3) is 0.500. The van der Waals surface area contributed by atoms with E-state index in [2.05, 4.69) is 0 Å². The maximum absolute atomic E-state index is 13.5. The molecule has 0 aliphatic carbocycles. The van der Waals surface area contributed by atoms with Crippen molar-refractivity contribution < 1.29 is 18.3 Å². The van der Waals surface area contributed by atoms with Crippen molar-refractivity contribution in [3.63, 3.8) is 0 Å². The van der Waals surface area contributed by atoms with Crippen molar-refractivity contribution in [3.05, 3.63) is 23.8 Å². The molecule has 0 N–H and O–H groups in total. The maximum Gasteiger partial charge on any atom is 0.204 e. The van der Waals surface area contributed by atoms with Crippen molar-refractivity contribution in [1.29, 1.82) is 0 Å². The summed E-state index contributed by atoms with van der Waals surface area (Å²) in [6.45, 7) is 6.22. The molecule has 0 spiro atoms. The first kappa shape index (κ1) is 12.7. The summed E-state index contributed by atoms with van der Waals surface area (Å²) < 4.78 is 36.9. The predicted molar refractivity (Wildman–Crippen MR) is 57.9 cm³/mol. The van der Waals surface area contributed by atoms with E-state index in [1.54, 1.807) is 6.92 Å². The van der Waals surface area contributed by atoms with Gasteiger partial charge in [-0.15, -0.1) is 0 Å². The molecule has 0 aromatic heterocycles. The Bertz CT molecular complexity index is 351. The molecular formula is C12H16F2O2. The largest absolute Gasteiger partial charge is 0.491 e. The van der Waals surface area contributed by atoms with E-state index in [1.807, 2.05) is 13.8 Å². The van der Waals surface area contributed by atoms with Crippen LogP contribution in [0.3, 0.4) is 0 Å². The summed E-state index contributed by atoms with van der Waals surface area (Å²) in [5.41, 5.74) is 0. The number of ether oxygens (including phenoxy) is 2. The van der Waals surface area contributed by atoms with Crippen LogP contribution in [0, 0.1) is 17.6 Å². The third-order valence-corrected chi connectivity index (χ3v) is 1.88. The van der Waals surface area contributed by atoms with Crippen molar-refractivity contribution in [2.45, 2.75) is 20.8 Å². The molecule has 0 fully saturated rings. The summed E-state index contributed by atoms with van der Waals surface area (Å²) in [7, 11) is 0. The van der Waals surface area contributed by atoms with Crippen LogP contribution in [-0.4, -0.2) is 13.2 Å². The van der Waals surface area contributed by atoms with Crippen molar-refractivity contribution in [1.82, 2.24) is 0 Å². The van der Waals surface area contributed by atoms with Gasteiger partial charge in [0.1, 0.15) is 0 Å². The molecule has 0 atom stereocenters. The van der Waals surface area contributed by atoms with Gasteiger partial charge in [0, 0.05) is 0 Å². The first-order chi connectivity index (χ1) is 7.56. The lowest BCUT2D eigenvalue weighted by Crippen LogP contribution is -2.07. The zero-order chi connectivity index (χ0) is 12.1. The summed E-state index contributed by atoms with van der Waals surface area (Å²) in [5, 5.41) is 0. The van der Waals surface area contributed by atoms with Crippen LogP contribution >= 0.6 is 0 Å². The quantitative estimate of drug-likeness (QED) is 0.771. The molecule has 0 saturated heterocycles. The second-order valence-corrected chi connectivity index (χ2v) is 3.83. The number of rotatable bonds is 5. The van der Waals surface area contributed by atoms with E-state index >= 15 is 0 Å². The van der Waals surface area contributed by atoms with Crippen LogP contribution in [0.25, 0.3) is 0 Å². The monoisotopic (exact) mass is 230 g/mol. The molecule has 0 amide bonds. The minimum atomic E-state index is -0.997. The zero-order valence-corrected chi connectivity index (χ0v) is 9.72. The molecule has 1 rings (SSSR count). The third-order valence-electron chi connectivity index (χ3n) is 1.88. The van der Waals surface area contributed by atoms with E-state index in [4.69, 9.17) is 9.47 Å². The summed E-state index contributed by atoms with van der Waals surface area (Å²) in [4.78, 5) is 0. The zero-order valence-electron chi connectivity index (χ0n) is 9.72. The molecule has 1 aromatic rings. The molecule has 0 radical (unpaired) electrons. The Morgan fingerprint density at radius 1 is 1.06 bits per heavy atom. The summed E-state index contributed by atoms with van der Waals surface area (Å²) in [6, 6.07) is 2.75. The molecule has 16 heavy (non-hydrogen) atoms. The van der Waals surface area contributed by atoms with Gasteiger partial charge in [0.05, 0.1) is 13.2 Å². The van der Waals surface area contributed by atoms with Gasteiger partial charge in [-0.1, -0.05) is 13.8 Å². The first-order valence-electron chi connectivity index (χ1n) is 5.29. The van der Waals surface area contributed by atoms with Crippen LogP contribution in [0.5, 0.6) is 11.5 Å². The lowest BCUT2D eigenvalue weighted by molar-refractivity contribution is 0.251. The van der Waals surface area contributed by atoms with Gasteiger partial charge >= 0.3 is 0 Å². The molecule has 1 aromatic carbocycles. The Morgan fingerprint density at radius 3 is 2.00 bits per heavy atom. The van der Waals surface area contributed by atoms with Crippen LogP contribution in [0.1, 0.15) is 20.8 Å². The average molecular weight is 230 g/mol. The van der Waals surface area contributed by atoms with E-state index in [1.165, 1.54) is 12.1 Å². The van der Waals surface area contributed by atoms with Crippen LogP contribution in [0.4, 0.5) is 8.78 Å². The fourth-order valence-corrected chi connectivity index (χ4v) is 1.15. The lowest BCUT2D eigenvalue weighted by Gasteiger charge is -2.11. The highest BCUT2D eigenvalue weighted by Gasteiger charge is 2.15. The topological polar surface area (TPSA) is 18.5 Å². The van der Waals surface area contributed by atoms with Gasteiger partial charge < -0.3 is 9.47 Å². The Morgan fingerprint density at radius 2 is 1.56 bits per heavy atom. The van der Waals surface area contributed by atoms with Gasteiger partial charge in [-0.2, -0.15) is 8.78 Å². The average Bonchev–Trinajstić information content (AvgIpc) is 2.24. The van der Waals surface area contributed by atoms with Gasteiger partial charge in [0.2, 0.25) is 11.6 Å². The highest BCUT2D eigenvalue weighted by atomic mass is 19.2. The van der Waals surface area contributed by atoms with E-state index in [0.717, 1.165) is 0 Å². The summed E-state index contributed by atoms with van der Waals surface area (Å²) in [6.07, 6.45) is 0. The van der Waals surface area contributed by atoms with Gasteiger partial charge in [-0.3, -0.25) is 0 Å². The number of hydrogen-bond acceptors (Lipinski definition) is 2. The number of benzene rings is 1. The summed E-state index contributed by atoms with van der Waals surface area (Å²) in [5.74, 6) is -1.89.